The molecule has 0 spiro atoms. The molecular formula is C10H10F5N. The lowest BCUT2D eigenvalue weighted by atomic mass is 10.00. The van der Waals surface area contributed by atoms with Crippen LogP contribution in [0.5, 0.6) is 0 Å². The maximum atomic E-state index is 13.2. The highest BCUT2D eigenvalue weighted by Crippen LogP contribution is 2.34. The summed E-state index contributed by atoms with van der Waals surface area (Å²) in [5.74, 6) is -3.30. The van der Waals surface area contributed by atoms with Crippen LogP contribution in [0.2, 0.25) is 0 Å². The van der Waals surface area contributed by atoms with E-state index in [-0.39, 0.29) is 5.56 Å². The van der Waals surface area contributed by atoms with Crippen LogP contribution in [0.1, 0.15) is 16.7 Å². The summed E-state index contributed by atoms with van der Waals surface area (Å²) >= 11 is 0. The zero-order valence-electron chi connectivity index (χ0n) is 8.41. The first-order valence-electron chi connectivity index (χ1n) is 4.44. The molecule has 0 bridgehead atoms. The van der Waals surface area contributed by atoms with E-state index in [9.17, 15) is 22.0 Å². The summed E-state index contributed by atoms with van der Waals surface area (Å²) in [6.07, 6.45) is -4.53. The highest BCUT2D eigenvalue weighted by molar-refractivity contribution is 5.35. The van der Waals surface area contributed by atoms with Crippen molar-refractivity contribution in [2.45, 2.75) is 19.0 Å². The molecule has 0 aromatic heterocycles. The molecule has 1 nitrogen and oxygen atoms in total. The Morgan fingerprint density at radius 1 is 1.12 bits per heavy atom. The van der Waals surface area contributed by atoms with Crippen molar-refractivity contribution < 1.29 is 22.0 Å². The molecule has 0 atom stereocenters. The summed E-state index contributed by atoms with van der Waals surface area (Å²) < 4.78 is 63.1. The van der Waals surface area contributed by atoms with E-state index in [4.69, 9.17) is 5.73 Å². The monoisotopic (exact) mass is 239 g/mol. The molecule has 1 aromatic rings. The number of hydrogen-bond donors (Lipinski definition) is 1. The summed E-state index contributed by atoms with van der Waals surface area (Å²) in [4.78, 5) is 0. The summed E-state index contributed by atoms with van der Waals surface area (Å²) in [6.45, 7) is 0.271. The predicted molar refractivity (Wildman–Crippen MR) is 49.1 cm³/mol. The van der Waals surface area contributed by atoms with E-state index < -0.39 is 29.8 Å². The molecule has 0 heterocycles. The van der Waals surface area contributed by atoms with Crippen molar-refractivity contribution in [3.8, 4) is 0 Å². The summed E-state index contributed by atoms with van der Waals surface area (Å²) in [6, 6.07) is 2.09. The minimum absolute atomic E-state index is 0.120. The number of benzene rings is 1. The van der Waals surface area contributed by atoms with Crippen molar-refractivity contribution in [2.75, 3.05) is 6.54 Å². The quantitative estimate of drug-likeness (QED) is 0.788. The molecule has 0 radical (unpaired) electrons. The first kappa shape index (κ1) is 12.9. The van der Waals surface area contributed by atoms with Gasteiger partial charge in [0.15, 0.2) is 0 Å². The molecule has 0 saturated carbocycles. The molecule has 0 aliphatic heterocycles. The molecule has 2 N–H and O–H groups in total. The number of aryl methyl sites for hydroxylation is 1. The van der Waals surface area contributed by atoms with Crippen LogP contribution in [0.3, 0.4) is 0 Å². The van der Waals surface area contributed by atoms with Gasteiger partial charge in [-0.05, 0) is 24.6 Å². The van der Waals surface area contributed by atoms with E-state index in [0.717, 1.165) is 6.07 Å². The fourth-order valence-corrected chi connectivity index (χ4v) is 1.36. The third kappa shape index (κ3) is 2.49. The molecular weight excluding hydrogens is 229 g/mol. The SMILES string of the molecule is Cc1cc(C(F)(F)F)ccc1C(F)(F)CN. The van der Waals surface area contributed by atoms with Gasteiger partial charge in [-0.25, -0.2) is 0 Å². The van der Waals surface area contributed by atoms with Crippen LogP contribution in [-0.2, 0) is 12.1 Å². The second kappa shape index (κ2) is 4.01. The normalized spacial score (nSPS) is 12.9. The van der Waals surface area contributed by atoms with Crippen molar-refractivity contribution >= 4 is 0 Å². The molecule has 0 amide bonds. The zero-order valence-corrected chi connectivity index (χ0v) is 8.41. The molecule has 90 valence electrons. The van der Waals surface area contributed by atoms with Gasteiger partial charge in [0.2, 0.25) is 0 Å². The Morgan fingerprint density at radius 2 is 1.69 bits per heavy atom. The Balaban J connectivity index is 3.20. The van der Waals surface area contributed by atoms with E-state index in [1.165, 1.54) is 6.92 Å². The average molecular weight is 239 g/mol. The third-order valence-electron chi connectivity index (χ3n) is 2.20. The number of halogens is 5. The smallest absolute Gasteiger partial charge is 0.325 e. The number of rotatable bonds is 2. The summed E-state index contributed by atoms with van der Waals surface area (Å²) in [5.41, 5.74) is 3.33. The molecule has 0 fully saturated rings. The fraction of sp³-hybridized carbons (Fsp3) is 0.400. The highest BCUT2D eigenvalue weighted by Gasteiger charge is 2.35. The highest BCUT2D eigenvalue weighted by atomic mass is 19.4. The van der Waals surface area contributed by atoms with Gasteiger partial charge < -0.3 is 5.73 Å². The Labute approximate surface area is 89.1 Å². The van der Waals surface area contributed by atoms with Crippen LogP contribution in [0.4, 0.5) is 22.0 Å². The largest absolute Gasteiger partial charge is 0.416 e. The van der Waals surface area contributed by atoms with E-state index in [0.29, 0.717) is 12.1 Å². The molecule has 0 aliphatic rings. The molecule has 6 heteroatoms. The number of nitrogens with two attached hydrogens (primary N) is 1. The van der Waals surface area contributed by atoms with Crippen LogP contribution in [0.25, 0.3) is 0 Å². The first-order chi connectivity index (χ1) is 7.18. The first-order valence-corrected chi connectivity index (χ1v) is 4.44. The maximum absolute atomic E-state index is 13.2. The maximum Gasteiger partial charge on any atom is 0.416 e. The molecule has 16 heavy (non-hydrogen) atoms. The Morgan fingerprint density at radius 3 is 2.06 bits per heavy atom. The van der Waals surface area contributed by atoms with Crippen molar-refractivity contribution in [3.05, 3.63) is 34.9 Å². The van der Waals surface area contributed by atoms with Gasteiger partial charge in [0.25, 0.3) is 5.92 Å². The van der Waals surface area contributed by atoms with Crippen molar-refractivity contribution in [1.29, 1.82) is 0 Å². The zero-order chi connectivity index (χ0) is 12.6. The lowest BCUT2D eigenvalue weighted by Crippen LogP contribution is -2.26. The molecule has 1 aromatic carbocycles. The molecule has 0 unspecified atom stereocenters. The lowest BCUT2D eigenvalue weighted by molar-refractivity contribution is -0.137. The second-order valence-electron chi connectivity index (χ2n) is 3.44. The van der Waals surface area contributed by atoms with Gasteiger partial charge in [-0.3, -0.25) is 0 Å². The van der Waals surface area contributed by atoms with Crippen LogP contribution >= 0.6 is 0 Å². The van der Waals surface area contributed by atoms with E-state index in [1.54, 1.807) is 0 Å². The summed E-state index contributed by atoms with van der Waals surface area (Å²) in [5, 5.41) is 0. The van der Waals surface area contributed by atoms with Crippen LogP contribution < -0.4 is 5.73 Å². The van der Waals surface area contributed by atoms with E-state index in [1.807, 2.05) is 0 Å². The Hall–Kier alpha value is -1.17. The fourth-order valence-electron chi connectivity index (χ4n) is 1.36. The predicted octanol–water partition coefficient (Wildman–Crippen LogP) is 3.06. The lowest BCUT2D eigenvalue weighted by Gasteiger charge is -2.18. The van der Waals surface area contributed by atoms with Crippen LogP contribution in [0.15, 0.2) is 18.2 Å². The minimum Gasteiger partial charge on any atom is -0.325 e. The second-order valence-corrected chi connectivity index (χ2v) is 3.44. The van der Waals surface area contributed by atoms with E-state index in [2.05, 4.69) is 0 Å². The number of hydrogen-bond acceptors (Lipinski definition) is 1. The number of alkyl halides is 5. The minimum atomic E-state index is -4.53. The summed E-state index contributed by atoms with van der Waals surface area (Å²) in [7, 11) is 0. The topological polar surface area (TPSA) is 26.0 Å². The molecule has 0 aliphatic carbocycles. The van der Waals surface area contributed by atoms with Gasteiger partial charge >= 0.3 is 6.18 Å². The van der Waals surface area contributed by atoms with Crippen LogP contribution in [0, 0.1) is 6.92 Å². The molecule has 1 rings (SSSR count). The Bertz CT molecular complexity index is 383. The third-order valence-corrected chi connectivity index (χ3v) is 2.20. The Kier molecular flexibility index (Phi) is 3.23. The van der Waals surface area contributed by atoms with E-state index >= 15 is 0 Å². The van der Waals surface area contributed by atoms with Crippen molar-refractivity contribution in [2.24, 2.45) is 5.73 Å². The van der Waals surface area contributed by atoms with Gasteiger partial charge in [0.05, 0.1) is 12.1 Å². The van der Waals surface area contributed by atoms with Gasteiger partial charge in [-0.2, -0.15) is 22.0 Å². The van der Waals surface area contributed by atoms with Crippen molar-refractivity contribution in [1.82, 2.24) is 0 Å². The van der Waals surface area contributed by atoms with Gasteiger partial charge in [0, 0.05) is 5.56 Å². The molecule has 0 saturated heterocycles. The van der Waals surface area contributed by atoms with Gasteiger partial charge in [-0.15, -0.1) is 0 Å². The van der Waals surface area contributed by atoms with Gasteiger partial charge in [0.1, 0.15) is 0 Å². The average Bonchev–Trinajstić information content (AvgIpc) is 2.16. The standard InChI is InChI=1S/C10H10F5N/c1-6-4-7(10(13,14)15)2-3-8(6)9(11,12)5-16/h2-4H,5,16H2,1H3. The van der Waals surface area contributed by atoms with Crippen molar-refractivity contribution in [3.63, 3.8) is 0 Å². The van der Waals surface area contributed by atoms with Crippen LogP contribution in [-0.4, -0.2) is 6.54 Å². The van der Waals surface area contributed by atoms with Gasteiger partial charge in [-0.1, -0.05) is 6.07 Å².